The molecule has 2 unspecified atom stereocenters. The highest BCUT2D eigenvalue weighted by atomic mass is 16.3. The minimum absolute atomic E-state index is 0.196. The number of hydrogen-bond acceptors (Lipinski definition) is 3. The number of benzene rings is 1. The molecule has 0 aromatic heterocycles. The Morgan fingerprint density at radius 2 is 1.85 bits per heavy atom. The van der Waals surface area contributed by atoms with Crippen LogP contribution >= 0.6 is 0 Å². The van der Waals surface area contributed by atoms with Gasteiger partial charge in [-0.15, -0.1) is 0 Å². The molecule has 4 nitrogen and oxygen atoms in total. The van der Waals surface area contributed by atoms with Crippen LogP contribution in [-0.4, -0.2) is 60.1 Å². The number of carbonyl (C=O) groups is 1. The quantitative estimate of drug-likeness (QED) is 0.888. The lowest BCUT2D eigenvalue weighted by Crippen LogP contribution is -2.49. The second-order valence-corrected chi connectivity index (χ2v) is 5.75. The fourth-order valence-electron chi connectivity index (χ4n) is 3.10. The van der Waals surface area contributed by atoms with Gasteiger partial charge < -0.3 is 10.0 Å². The third kappa shape index (κ3) is 2.86. The van der Waals surface area contributed by atoms with Crippen molar-refractivity contribution < 1.29 is 9.90 Å². The number of aliphatic hydroxyl groups is 1. The van der Waals surface area contributed by atoms with Gasteiger partial charge in [-0.25, -0.2) is 0 Å². The standard InChI is InChI=1S/C16H22N2O2/c19-11-10-17-6-8-18(9-7-17)16(20)15-12-14(15)13-4-2-1-3-5-13/h1-5,14-15,19H,6-12H2. The van der Waals surface area contributed by atoms with Crippen molar-refractivity contribution >= 4 is 5.91 Å². The molecule has 2 fully saturated rings. The number of carbonyl (C=O) groups excluding carboxylic acids is 1. The van der Waals surface area contributed by atoms with Gasteiger partial charge in [0.2, 0.25) is 5.91 Å². The van der Waals surface area contributed by atoms with E-state index >= 15 is 0 Å². The van der Waals surface area contributed by atoms with Crippen LogP contribution < -0.4 is 0 Å². The molecule has 2 atom stereocenters. The summed E-state index contributed by atoms with van der Waals surface area (Å²) in [5.41, 5.74) is 1.30. The Kier molecular flexibility index (Phi) is 4.03. The smallest absolute Gasteiger partial charge is 0.226 e. The lowest BCUT2D eigenvalue weighted by molar-refractivity contribution is -0.134. The molecule has 1 aromatic rings. The first kappa shape index (κ1) is 13.6. The molecule has 1 saturated carbocycles. The molecule has 3 rings (SSSR count). The summed E-state index contributed by atoms with van der Waals surface area (Å²) in [6.07, 6.45) is 1.000. The van der Waals surface area contributed by atoms with Crippen LogP contribution in [-0.2, 0) is 4.79 Å². The number of rotatable bonds is 4. The van der Waals surface area contributed by atoms with E-state index in [0.29, 0.717) is 11.8 Å². The number of nitrogens with zero attached hydrogens (tertiary/aromatic N) is 2. The highest BCUT2D eigenvalue weighted by Gasteiger charge is 2.45. The van der Waals surface area contributed by atoms with Gasteiger partial charge in [-0.2, -0.15) is 0 Å². The summed E-state index contributed by atoms with van der Waals surface area (Å²) in [6.45, 7) is 4.29. The summed E-state index contributed by atoms with van der Waals surface area (Å²) < 4.78 is 0. The van der Waals surface area contributed by atoms with Gasteiger partial charge >= 0.3 is 0 Å². The summed E-state index contributed by atoms with van der Waals surface area (Å²) in [5.74, 6) is 0.948. The van der Waals surface area contributed by atoms with Crippen LogP contribution in [0.2, 0.25) is 0 Å². The maximum Gasteiger partial charge on any atom is 0.226 e. The van der Waals surface area contributed by atoms with Gasteiger partial charge in [0.25, 0.3) is 0 Å². The maximum absolute atomic E-state index is 12.5. The van der Waals surface area contributed by atoms with E-state index in [0.717, 1.165) is 39.1 Å². The molecule has 1 aliphatic carbocycles. The highest BCUT2D eigenvalue weighted by molar-refractivity contribution is 5.83. The van der Waals surface area contributed by atoms with Crippen molar-refractivity contribution in [3.63, 3.8) is 0 Å². The molecule has 0 spiro atoms. The molecule has 1 saturated heterocycles. The Bertz CT molecular complexity index is 455. The Hall–Kier alpha value is -1.39. The van der Waals surface area contributed by atoms with E-state index in [1.807, 2.05) is 23.1 Å². The van der Waals surface area contributed by atoms with E-state index in [1.165, 1.54) is 5.56 Å². The molecule has 20 heavy (non-hydrogen) atoms. The monoisotopic (exact) mass is 274 g/mol. The normalized spacial score (nSPS) is 26.6. The van der Waals surface area contributed by atoms with Crippen LogP contribution in [0.25, 0.3) is 0 Å². The second-order valence-electron chi connectivity index (χ2n) is 5.75. The Morgan fingerprint density at radius 1 is 1.15 bits per heavy atom. The van der Waals surface area contributed by atoms with Crippen molar-refractivity contribution in [2.24, 2.45) is 5.92 Å². The Balaban J connectivity index is 1.52. The van der Waals surface area contributed by atoms with E-state index < -0.39 is 0 Å². The molecule has 1 aliphatic heterocycles. The van der Waals surface area contributed by atoms with Crippen molar-refractivity contribution in [3.8, 4) is 0 Å². The summed E-state index contributed by atoms with van der Waals surface area (Å²) in [4.78, 5) is 16.7. The van der Waals surface area contributed by atoms with E-state index in [4.69, 9.17) is 5.11 Å². The zero-order chi connectivity index (χ0) is 13.9. The third-order valence-electron chi connectivity index (χ3n) is 4.44. The fourth-order valence-corrected chi connectivity index (χ4v) is 3.10. The second kappa shape index (κ2) is 5.94. The maximum atomic E-state index is 12.5. The van der Waals surface area contributed by atoms with Crippen molar-refractivity contribution in [1.82, 2.24) is 9.80 Å². The van der Waals surface area contributed by atoms with Gasteiger partial charge in [-0.05, 0) is 17.9 Å². The third-order valence-corrected chi connectivity index (χ3v) is 4.44. The Labute approximate surface area is 120 Å². The minimum atomic E-state index is 0.196. The number of piperazine rings is 1. The van der Waals surface area contributed by atoms with E-state index in [1.54, 1.807) is 0 Å². The summed E-state index contributed by atoms with van der Waals surface area (Å²) in [5, 5.41) is 8.93. The molecule has 1 aromatic carbocycles. The zero-order valence-electron chi connectivity index (χ0n) is 11.7. The molecule has 1 heterocycles. The van der Waals surface area contributed by atoms with E-state index in [9.17, 15) is 4.79 Å². The van der Waals surface area contributed by atoms with Crippen molar-refractivity contribution in [2.75, 3.05) is 39.3 Å². The minimum Gasteiger partial charge on any atom is -0.395 e. The van der Waals surface area contributed by atoms with Gasteiger partial charge in [0, 0.05) is 38.6 Å². The van der Waals surface area contributed by atoms with Crippen LogP contribution in [0, 0.1) is 5.92 Å². The largest absolute Gasteiger partial charge is 0.395 e. The van der Waals surface area contributed by atoms with Crippen molar-refractivity contribution in [2.45, 2.75) is 12.3 Å². The molecule has 2 aliphatic rings. The molecule has 0 bridgehead atoms. The highest BCUT2D eigenvalue weighted by Crippen LogP contribution is 2.48. The molecule has 1 N–H and O–H groups in total. The summed E-state index contributed by atoms with van der Waals surface area (Å²) in [6, 6.07) is 10.4. The summed E-state index contributed by atoms with van der Waals surface area (Å²) in [7, 11) is 0. The van der Waals surface area contributed by atoms with Crippen LogP contribution in [0.3, 0.4) is 0 Å². The van der Waals surface area contributed by atoms with Crippen LogP contribution in [0.4, 0.5) is 0 Å². The predicted octanol–water partition coefficient (Wildman–Crippen LogP) is 0.927. The molecule has 1 amide bonds. The van der Waals surface area contributed by atoms with Gasteiger partial charge in [0.15, 0.2) is 0 Å². The lowest BCUT2D eigenvalue weighted by Gasteiger charge is -2.34. The number of hydrogen-bond donors (Lipinski definition) is 1. The Morgan fingerprint density at radius 3 is 2.50 bits per heavy atom. The van der Waals surface area contributed by atoms with Crippen molar-refractivity contribution in [3.05, 3.63) is 35.9 Å². The van der Waals surface area contributed by atoms with Gasteiger partial charge in [-0.3, -0.25) is 9.69 Å². The first-order chi connectivity index (χ1) is 9.79. The van der Waals surface area contributed by atoms with E-state index in [2.05, 4.69) is 17.0 Å². The molecular formula is C16H22N2O2. The van der Waals surface area contributed by atoms with Gasteiger partial charge in [0.1, 0.15) is 0 Å². The summed E-state index contributed by atoms with van der Waals surface area (Å²) >= 11 is 0. The molecule has 108 valence electrons. The SMILES string of the molecule is O=C(C1CC1c1ccccc1)N1CCN(CCO)CC1. The number of aliphatic hydroxyl groups excluding tert-OH is 1. The zero-order valence-corrected chi connectivity index (χ0v) is 11.7. The first-order valence-corrected chi connectivity index (χ1v) is 7.46. The average Bonchev–Trinajstić information content (AvgIpc) is 3.29. The predicted molar refractivity (Wildman–Crippen MR) is 77.4 cm³/mol. The van der Waals surface area contributed by atoms with Crippen LogP contribution in [0.1, 0.15) is 17.9 Å². The molecular weight excluding hydrogens is 252 g/mol. The van der Waals surface area contributed by atoms with Crippen LogP contribution in [0.15, 0.2) is 30.3 Å². The molecule has 0 radical (unpaired) electrons. The van der Waals surface area contributed by atoms with Gasteiger partial charge in [0.05, 0.1) is 6.61 Å². The van der Waals surface area contributed by atoms with Crippen LogP contribution in [0.5, 0.6) is 0 Å². The number of amides is 1. The first-order valence-electron chi connectivity index (χ1n) is 7.46. The fraction of sp³-hybridized carbons (Fsp3) is 0.562. The van der Waals surface area contributed by atoms with E-state index in [-0.39, 0.29) is 12.5 Å². The number of β-amino-alcohol motifs (C(OH)–C–C–N with tert-alkyl or cyclic N) is 1. The topological polar surface area (TPSA) is 43.8 Å². The van der Waals surface area contributed by atoms with Gasteiger partial charge in [-0.1, -0.05) is 30.3 Å². The molecule has 4 heteroatoms. The van der Waals surface area contributed by atoms with Crippen molar-refractivity contribution in [1.29, 1.82) is 0 Å². The average molecular weight is 274 g/mol. The lowest BCUT2D eigenvalue weighted by atomic mass is 10.1.